The molecule has 0 fully saturated rings. The highest BCUT2D eigenvalue weighted by atomic mass is 79.9. The maximum atomic E-state index is 13.8. The van der Waals surface area contributed by atoms with Crippen LogP contribution in [-0.4, -0.2) is 33.6 Å². The van der Waals surface area contributed by atoms with Crippen LogP contribution < -0.4 is 10.6 Å². The van der Waals surface area contributed by atoms with Gasteiger partial charge in [-0.05, 0) is 56.4 Å². The Morgan fingerprint density at radius 1 is 1.00 bits per heavy atom. The molecule has 6 rings (SSSR count). The van der Waals surface area contributed by atoms with E-state index < -0.39 is 17.8 Å². The summed E-state index contributed by atoms with van der Waals surface area (Å²) in [6.07, 6.45) is 0.906. The molecule has 1 aliphatic rings. The molecule has 1 aliphatic carbocycles. The summed E-state index contributed by atoms with van der Waals surface area (Å²) in [4.78, 5) is 36.7. The van der Waals surface area contributed by atoms with Crippen molar-refractivity contribution in [2.45, 2.75) is 12.5 Å². The largest absolute Gasteiger partial charge is 0.449 e. The fraction of sp³-hybridized carbons (Fsp3) is 0.103. The molecule has 3 N–H and O–H groups in total. The van der Waals surface area contributed by atoms with Crippen LogP contribution in [0.25, 0.3) is 22.2 Å². The number of hydrogen-bond donors (Lipinski definition) is 3. The van der Waals surface area contributed by atoms with E-state index in [0.717, 1.165) is 22.3 Å². The molecule has 8 nitrogen and oxygen atoms in total. The number of aromatic nitrogens is 3. The smallest absolute Gasteiger partial charge is 0.407 e. The molecule has 0 spiro atoms. The van der Waals surface area contributed by atoms with Crippen molar-refractivity contribution in [1.29, 1.82) is 0 Å². The van der Waals surface area contributed by atoms with Crippen molar-refractivity contribution in [2.75, 3.05) is 11.9 Å². The fourth-order valence-electron chi connectivity index (χ4n) is 4.77. The molecule has 0 aliphatic heterocycles. The average molecular weight is 586 g/mol. The van der Waals surface area contributed by atoms with Crippen molar-refractivity contribution in [3.05, 3.63) is 112 Å². The maximum Gasteiger partial charge on any atom is 0.407 e. The molecule has 2 heterocycles. The minimum atomic E-state index is -0.575. The van der Waals surface area contributed by atoms with Crippen LogP contribution in [0.15, 0.2) is 83.5 Å². The van der Waals surface area contributed by atoms with Gasteiger partial charge in [0.15, 0.2) is 0 Å². The molecule has 0 unspecified atom stereocenters. The molecule has 194 valence electrons. The number of rotatable bonds is 6. The zero-order chi connectivity index (χ0) is 26.9. The van der Waals surface area contributed by atoms with Crippen LogP contribution >= 0.6 is 15.9 Å². The van der Waals surface area contributed by atoms with E-state index >= 15 is 0 Å². The number of nitrogens with zero attached hydrogens (tertiary/aromatic N) is 2. The minimum absolute atomic E-state index is 0.0378. The van der Waals surface area contributed by atoms with Gasteiger partial charge in [0.05, 0.1) is 27.7 Å². The number of amides is 2. The standard InChI is InChI=1S/C29H21BrFN5O3/c30-23-12-25-26(13-24(23)31)35-28(34-25)36-27(37)16-9-10-32-17(11-16)14-33-29(38)39-15-22-20-7-3-1-5-18(20)19-6-2-4-8-21(19)22/h1-13,22H,14-15H2,(H,33,38)(H2,34,35,36,37). The topological polar surface area (TPSA) is 109 Å². The molecule has 10 heteroatoms. The van der Waals surface area contributed by atoms with Crippen molar-refractivity contribution in [3.63, 3.8) is 0 Å². The molecule has 0 saturated heterocycles. The van der Waals surface area contributed by atoms with Gasteiger partial charge in [-0.25, -0.2) is 14.2 Å². The summed E-state index contributed by atoms with van der Waals surface area (Å²) in [5, 5.41) is 5.36. The quantitative estimate of drug-likeness (QED) is 0.221. The van der Waals surface area contributed by atoms with Crippen LogP contribution in [0.4, 0.5) is 15.1 Å². The highest BCUT2D eigenvalue weighted by Gasteiger charge is 2.29. The number of benzene rings is 3. The Bertz CT molecular complexity index is 1650. The van der Waals surface area contributed by atoms with Gasteiger partial charge in [-0.1, -0.05) is 48.5 Å². The number of nitrogens with one attached hydrogen (secondary N) is 3. The molecule has 0 bridgehead atoms. The molecule has 2 aromatic heterocycles. The van der Waals surface area contributed by atoms with Crippen molar-refractivity contribution in [1.82, 2.24) is 20.3 Å². The predicted octanol–water partition coefficient (Wildman–Crippen LogP) is 6.15. The molecule has 3 aromatic carbocycles. The first-order valence-electron chi connectivity index (χ1n) is 12.2. The molecule has 0 saturated carbocycles. The number of imidazole rings is 1. The van der Waals surface area contributed by atoms with Crippen LogP contribution in [0.5, 0.6) is 0 Å². The van der Waals surface area contributed by atoms with Gasteiger partial charge in [-0.2, -0.15) is 0 Å². The number of fused-ring (bicyclic) bond motifs is 4. The zero-order valence-corrected chi connectivity index (χ0v) is 22.0. The number of carbonyl (C=O) groups excluding carboxylic acids is 2. The van der Waals surface area contributed by atoms with E-state index in [0.29, 0.717) is 22.3 Å². The lowest BCUT2D eigenvalue weighted by Gasteiger charge is -2.14. The minimum Gasteiger partial charge on any atom is -0.449 e. The predicted molar refractivity (Wildman–Crippen MR) is 148 cm³/mol. The number of hydrogen-bond acceptors (Lipinski definition) is 5. The van der Waals surface area contributed by atoms with E-state index in [1.807, 2.05) is 24.3 Å². The van der Waals surface area contributed by atoms with Crippen LogP contribution in [0.1, 0.15) is 33.1 Å². The summed E-state index contributed by atoms with van der Waals surface area (Å²) in [7, 11) is 0. The Labute approximate surface area is 230 Å². The number of anilines is 1. The highest BCUT2D eigenvalue weighted by molar-refractivity contribution is 9.10. The fourth-order valence-corrected chi connectivity index (χ4v) is 5.10. The Hall–Kier alpha value is -4.57. The van der Waals surface area contributed by atoms with E-state index in [9.17, 15) is 14.0 Å². The van der Waals surface area contributed by atoms with Crippen molar-refractivity contribution in [3.8, 4) is 11.1 Å². The summed E-state index contributed by atoms with van der Waals surface area (Å²) in [5.41, 5.74) is 6.33. The first-order valence-corrected chi connectivity index (χ1v) is 13.0. The number of halogens is 2. The molecule has 0 radical (unpaired) electrons. The number of aromatic amines is 1. The summed E-state index contributed by atoms with van der Waals surface area (Å²) in [6, 6.07) is 22.2. The molecule has 39 heavy (non-hydrogen) atoms. The second-order valence-electron chi connectivity index (χ2n) is 9.04. The van der Waals surface area contributed by atoms with Gasteiger partial charge in [0.1, 0.15) is 12.4 Å². The first-order chi connectivity index (χ1) is 19.0. The average Bonchev–Trinajstić information content (AvgIpc) is 3.48. The van der Waals surface area contributed by atoms with Gasteiger partial charge < -0.3 is 15.0 Å². The van der Waals surface area contributed by atoms with Gasteiger partial charge in [0, 0.05) is 23.7 Å². The second kappa shape index (κ2) is 10.3. The van der Waals surface area contributed by atoms with Gasteiger partial charge in [0.25, 0.3) is 5.91 Å². The van der Waals surface area contributed by atoms with Crippen molar-refractivity contribution in [2.24, 2.45) is 0 Å². The van der Waals surface area contributed by atoms with Gasteiger partial charge in [-0.15, -0.1) is 0 Å². The van der Waals surface area contributed by atoms with E-state index in [1.54, 1.807) is 12.1 Å². The van der Waals surface area contributed by atoms with Crippen LogP contribution in [0.3, 0.4) is 0 Å². The highest BCUT2D eigenvalue weighted by Crippen LogP contribution is 2.44. The monoisotopic (exact) mass is 585 g/mol. The van der Waals surface area contributed by atoms with Gasteiger partial charge in [-0.3, -0.25) is 15.1 Å². The lowest BCUT2D eigenvalue weighted by molar-refractivity contribution is 0.102. The molecular formula is C29H21BrFN5O3. The van der Waals surface area contributed by atoms with Crippen LogP contribution in [0, 0.1) is 5.82 Å². The van der Waals surface area contributed by atoms with Gasteiger partial charge in [0.2, 0.25) is 5.95 Å². The van der Waals surface area contributed by atoms with Crippen LogP contribution in [0.2, 0.25) is 0 Å². The third-order valence-electron chi connectivity index (χ3n) is 6.59. The molecule has 2 amide bonds. The molecule has 0 atom stereocenters. The normalized spacial score (nSPS) is 12.2. The van der Waals surface area contributed by atoms with E-state index in [1.165, 1.54) is 18.3 Å². The van der Waals surface area contributed by atoms with Crippen molar-refractivity contribution < 1.29 is 18.7 Å². The molecular weight excluding hydrogens is 565 g/mol. The number of alkyl carbamates (subject to hydrolysis) is 1. The first kappa shape index (κ1) is 24.7. The summed E-state index contributed by atoms with van der Waals surface area (Å²) in [6.45, 7) is 0.281. The lowest BCUT2D eigenvalue weighted by atomic mass is 9.98. The molecule has 5 aromatic rings. The summed E-state index contributed by atoms with van der Waals surface area (Å²) < 4.78 is 19.6. The van der Waals surface area contributed by atoms with Crippen molar-refractivity contribution >= 4 is 44.9 Å². The number of carbonyl (C=O) groups is 2. The Morgan fingerprint density at radius 3 is 2.46 bits per heavy atom. The number of H-pyrrole nitrogens is 1. The Balaban J connectivity index is 1.07. The lowest BCUT2D eigenvalue weighted by Crippen LogP contribution is -2.26. The second-order valence-corrected chi connectivity index (χ2v) is 9.89. The third-order valence-corrected chi connectivity index (χ3v) is 7.20. The van der Waals surface area contributed by atoms with E-state index in [2.05, 4.69) is 65.8 Å². The SMILES string of the molecule is O=C(NCc1cc(C(=O)Nc2nc3cc(Br)c(F)cc3[nH]2)ccn1)OCC1c2ccccc2-c2ccccc21. The Morgan fingerprint density at radius 2 is 1.72 bits per heavy atom. The summed E-state index contributed by atoms with van der Waals surface area (Å²) >= 11 is 3.12. The number of pyridine rings is 1. The van der Waals surface area contributed by atoms with Gasteiger partial charge >= 0.3 is 6.09 Å². The van der Waals surface area contributed by atoms with E-state index in [4.69, 9.17) is 4.74 Å². The maximum absolute atomic E-state index is 13.8. The summed E-state index contributed by atoms with van der Waals surface area (Å²) in [5.74, 6) is -0.725. The Kier molecular flexibility index (Phi) is 6.54. The zero-order valence-electron chi connectivity index (χ0n) is 20.4. The van der Waals surface area contributed by atoms with Crippen LogP contribution in [-0.2, 0) is 11.3 Å². The van der Waals surface area contributed by atoms with E-state index in [-0.39, 0.29) is 29.5 Å². The third kappa shape index (κ3) is 4.98. The number of ether oxygens (including phenoxy) is 1.